The molecule has 0 unspecified atom stereocenters. The minimum Gasteiger partial charge on any atom is -0.313 e. The summed E-state index contributed by atoms with van der Waals surface area (Å²) in [6.45, 7) is 4.30. The van der Waals surface area contributed by atoms with Gasteiger partial charge in [0.15, 0.2) is 0 Å². The molecule has 0 atom stereocenters. The number of hydrogen-bond acceptors (Lipinski definition) is 2. The van der Waals surface area contributed by atoms with Crippen molar-refractivity contribution in [2.75, 3.05) is 0 Å². The Bertz CT molecular complexity index is 155. The molecule has 0 aromatic heterocycles. The summed E-state index contributed by atoms with van der Waals surface area (Å²) in [4.78, 5) is 0. The third-order valence-corrected chi connectivity index (χ3v) is 3.44. The van der Waals surface area contributed by atoms with E-state index in [0.717, 1.165) is 12.8 Å². The topological polar surface area (TPSA) is 52.0 Å². The normalized spacial score (nSPS) is 12.0. The van der Waals surface area contributed by atoms with Crippen LogP contribution < -0.4 is 11.5 Å². The molecule has 0 spiro atoms. The van der Waals surface area contributed by atoms with Crippen molar-refractivity contribution in [1.29, 1.82) is 0 Å². The lowest BCUT2D eigenvalue weighted by Crippen LogP contribution is -2.49. The second-order valence-corrected chi connectivity index (χ2v) is 5.29. The molecule has 0 aromatic rings. The number of unbranched alkanes of at least 4 members (excludes halogenated alkanes) is 9. The van der Waals surface area contributed by atoms with E-state index in [9.17, 15) is 0 Å². The number of hydrogen-bond donors (Lipinski definition) is 2. The van der Waals surface area contributed by atoms with E-state index >= 15 is 0 Å². The van der Waals surface area contributed by atoms with Gasteiger partial charge in [-0.15, -0.1) is 0 Å². The molecule has 0 aliphatic rings. The molecule has 0 saturated carbocycles. The predicted octanol–water partition coefficient (Wildman–Crippen LogP) is 4.14. The Kier molecular flexibility index (Phi) is 11.0. The summed E-state index contributed by atoms with van der Waals surface area (Å²) in [5.74, 6) is 0. The zero-order valence-corrected chi connectivity index (χ0v) is 12.0. The fourth-order valence-corrected chi connectivity index (χ4v) is 1.97. The van der Waals surface area contributed by atoms with Gasteiger partial charge in [0.25, 0.3) is 0 Å². The Morgan fingerprint density at radius 1 is 0.765 bits per heavy atom. The Labute approximate surface area is 109 Å². The lowest BCUT2D eigenvalue weighted by Gasteiger charge is -2.21. The maximum Gasteiger partial charge on any atom is 0.0666 e. The van der Waals surface area contributed by atoms with Gasteiger partial charge >= 0.3 is 0 Å². The van der Waals surface area contributed by atoms with Crippen molar-refractivity contribution < 1.29 is 0 Å². The number of nitrogens with two attached hydrogens (primary N) is 2. The number of rotatable bonds is 12. The summed E-state index contributed by atoms with van der Waals surface area (Å²) in [6, 6.07) is 0. The van der Waals surface area contributed by atoms with Gasteiger partial charge in [-0.3, -0.25) is 0 Å². The lowest BCUT2D eigenvalue weighted by molar-refractivity contribution is 0.465. The van der Waals surface area contributed by atoms with Gasteiger partial charge in [-0.1, -0.05) is 71.6 Å². The Morgan fingerprint density at radius 3 is 1.71 bits per heavy atom. The summed E-state index contributed by atoms with van der Waals surface area (Å²) in [6.07, 6.45) is 16.3. The molecule has 0 aliphatic carbocycles. The second kappa shape index (κ2) is 11.0. The van der Waals surface area contributed by atoms with E-state index in [1.54, 1.807) is 0 Å². The summed E-state index contributed by atoms with van der Waals surface area (Å²) in [5.41, 5.74) is 11.2. The molecular formula is C15H33N2. The minimum atomic E-state index is -0.542. The van der Waals surface area contributed by atoms with Crippen LogP contribution in [0.25, 0.3) is 0 Å². The molecule has 0 rings (SSSR count). The molecule has 1 radical (unpaired) electrons. The standard InChI is InChI=1S/C15H33N2/c1-3-5-6-7-8-9-10-11-12-13-14-15(16,17)4-2/h14H,3-13,16-17H2,1-2H3. The Morgan fingerprint density at radius 2 is 1.24 bits per heavy atom. The van der Waals surface area contributed by atoms with Gasteiger partial charge in [-0.05, 0) is 19.3 Å². The average molecular weight is 241 g/mol. The van der Waals surface area contributed by atoms with Gasteiger partial charge in [-0.25, -0.2) is 0 Å². The zero-order valence-electron chi connectivity index (χ0n) is 12.0. The molecule has 0 aromatic carbocycles. The van der Waals surface area contributed by atoms with Gasteiger partial charge in [-0.2, -0.15) is 0 Å². The fraction of sp³-hybridized carbons (Fsp3) is 0.933. The average Bonchev–Trinajstić information content (AvgIpc) is 2.31. The molecule has 0 heterocycles. The smallest absolute Gasteiger partial charge is 0.0666 e. The largest absolute Gasteiger partial charge is 0.313 e. The van der Waals surface area contributed by atoms with E-state index in [-0.39, 0.29) is 0 Å². The van der Waals surface area contributed by atoms with E-state index in [0.29, 0.717) is 0 Å². The summed E-state index contributed by atoms with van der Waals surface area (Å²) in [7, 11) is 0. The van der Waals surface area contributed by atoms with Crippen LogP contribution >= 0.6 is 0 Å². The van der Waals surface area contributed by atoms with Crippen molar-refractivity contribution in [1.82, 2.24) is 0 Å². The molecule has 2 nitrogen and oxygen atoms in total. The van der Waals surface area contributed by atoms with Crippen LogP contribution in [-0.4, -0.2) is 5.66 Å². The fourth-order valence-electron chi connectivity index (χ4n) is 1.97. The van der Waals surface area contributed by atoms with E-state index in [2.05, 4.69) is 13.3 Å². The highest BCUT2D eigenvalue weighted by Crippen LogP contribution is 2.13. The highest BCUT2D eigenvalue weighted by molar-refractivity contribution is 4.90. The minimum absolute atomic E-state index is 0.542. The van der Waals surface area contributed by atoms with Gasteiger partial charge in [0.2, 0.25) is 0 Å². The van der Waals surface area contributed by atoms with Crippen LogP contribution in [0.4, 0.5) is 0 Å². The first kappa shape index (κ1) is 16.9. The molecule has 17 heavy (non-hydrogen) atoms. The Hall–Kier alpha value is -0.0800. The molecule has 2 heteroatoms. The third kappa shape index (κ3) is 12.2. The maximum atomic E-state index is 5.85. The molecule has 0 bridgehead atoms. The molecule has 103 valence electrons. The monoisotopic (exact) mass is 241 g/mol. The zero-order chi connectivity index (χ0) is 13.0. The van der Waals surface area contributed by atoms with Crippen molar-refractivity contribution in [3.63, 3.8) is 0 Å². The third-order valence-electron chi connectivity index (χ3n) is 3.44. The molecule has 0 saturated heterocycles. The molecule has 0 fully saturated rings. The first-order valence-corrected chi connectivity index (χ1v) is 7.54. The van der Waals surface area contributed by atoms with Crippen molar-refractivity contribution in [2.24, 2.45) is 11.5 Å². The molecular weight excluding hydrogens is 208 g/mol. The van der Waals surface area contributed by atoms with Gasteiger partial charge in [0, 0.05) is 0 Å². The van der Waals surface area contributed by atoms with Gasteiger partial charge < -0.3 is 11.5 Å². The first-order chi connectivity index (χ1) is 8.12. The van der Waals surface area contributed by atoms with Crippen LogP contribution in [0.2, 0.25) is 0 Å². The molecule has 4 N–H and O–H groups in total. The lowest BCUT2D eigenvalue weighted by atomic mass is 9.99. The quantitative estimate of drug-likeness (QED) is 0.398. The van der Waals surface area contributed by atoms with Crippen molar-refractivity contribution >= 4 is 0 Å². The van der Waals surface area contributed by atoms with E-state index in [1.165, 1.54) is 57.8 Å². The van der Waals surface area contributed by atoms with Gasteiger partial charge in [0.1, 0.15) is 0 Å². The van der Waals surface area contributed by atoms with Crippen LogP contribution in [0.3, 0.4) is 0 Å². The maximum absolute atomic E-state index is 5.85. The Balaban J connectivity index is 3.09. The van der Waals surface area contributed by atoms with Crippen LogP contribution in [0.5, 0.6) is 0 Å². The first-order valence-electron chi connectivity index (χ1n) is 7.54. The van der Waals surface area contributed by atoms with Crippen LogP contribution in [0, 0.1) is 6.42 Å². The van der Waals surface area contributed by atoms with Crippen molar-refractivity contribution in [3.8, 4) is 0 Å². The summed E-state index contributed by atoms with van der Waals surface area (Å²) < 4.78 is 0. The second-order valence-electron chi connectivity index (χ2n) is 5.29. The summed E-state index contributed by atoms with van der Waals surface area (Å²) >= 11 is 0. The van der Waals surface area contributed by atoms with E-state index in [4.69, 9.17) is 11.5 Å². The van der Waals surface area contributed by atoms with E-state index < -0.39 is 5.66 Å². The van der Waals surface area contributed by atoms with Crippen LogP contribution in [0.15, 0.2) is 0 Å². The predicted molar refractivity (Wildman–Crippen MR) is 77.5 cm³/mol. The van der Waals surface area contributed by atoms with Gasteiger partial charge in [0.05, 0.1) is 5.66 Å². The van der Waals surface area contributed by atoms with Crippen LogP contribution in [-0.2, 0) is 0 Å². The highest BCUT2D eigenvalue weighted by Gasteiger charge is 2.14. The molecule has 0 aliphatic heterocycles. The molecule has 0 amide bonds. The summed E-state index contributed by atoms with van der Waals surface area (Å²) in [5, 5.41) is 0. The van der Waals surface area contributed by atoms with Crippen LogP contribution in [0.1, 0.15) is 84.5 Å². The SMILES string of the molecule is CCCCCCCCCCC[CH]C(N)(N)CC. The van der Waals surface area contributed by atoms with E-state index in [1.807, 2.05) is 6.92 Å². The van der Waals surface area contributed by atoms with Crippen molar-refractivity contribution in [3.05, 3.63) is 6.42 Å². The van der Waals surface area contributed by atoms with Crippen molar-refractivity contribution in [2.45, 2.75) is 90.1 Å². The highest BCUT2D eigenvalue weighted by atomic mass is 14.9.